The van der Waals surface area contributed by atoms with Gasteiger partial charge >= 0.3 is 6.09 Å². The fraction of sp³-hybridized carbons (Fsp3) is 0.0312. The van der Waals surface area contributed by atoms with Gasteiger partial charge in [-0.25, -0.2) is 10.2 Å². The average molecular weight is 551 g/mol. The molecular formula is C32H26N2O5S. The second-order valence-electron chi connectivity index (χ2n) is 8.74. The lowest BCUT2D eigenvalue weighted by Crippen LogP contribution is -2.47. The van der Waals surface area contributed by atoms with Gasteiger partial charge in [0.25, 0.3) is 10.0 Å². The Morgan fingerprint density at radius 3 is 1.77 bits per heavy atom. The van der Waals surface area contributed by atoms with Crippen LogP contribution in [0.15, 0.2) is 144 Å². The molecule has 5 aromatic rings. The van der Waals surface area contributed by atoms with Crippen LogP contribution in [0.4, 0.5) is 10.5 Å². The van der Waals surface area contributed by atoms with Crippen molar-refractivity contribution < 1.29 is 22.7 Å². The third-order valence-electron chi connectivity index (χ3n) is 5.97. The number of ether oxygens (including phenoxy) is 2. The molecule has 0 saturated carbocycles. The van der Waals surface area contributed by atoms with E-state index in [1.165, 1.54) is 12.1 Å². The van der Waals surface area contributed by atoms with Crippen LogP contribution in [0.2, 0.25) is 0 Å². The highest BCUT2D eigenvalue weighted by atomic mass is 32.2. The van der Waals surface area contributed by atoms with E-state index >= 15 is 0 Å². The Balaban J connectivity index is 1.30. The second-order valence-corrected chi connectivity index (χ2v) is 10.5. The number of benzene rings is 5. The Hall–Kier alpha value is -5.08. The Kier molecular flexibility index (Phi) is 8.08. The summed E-state index contributed by atoms with van der Waals surface area (Å²) < 4.78 is 39.2. The molecule has 0 aromatic heterocycles. The van der Waals surface area contributed by atoms with Gasteiger partial charge in [0.05, 0.1) is 10.6 Å². The van der Waals surface area contributed by atoms with E-state index < -0.39 is 16.1 Å². The molecule has 0 saturated heterocycles. The van der Waals surface area contributed by atoms with Crippen LogP contribution in [0.1, 0.15) is 5.56 Å². The smallest absolute Gasteiger partial charge is 0.432 e. The van der Waals surface area contributed by atoms with E-state index in [1.807, 2.05) is 60.7 Å². The lowest BCUT2D eigenvalue weighted by Gasteiger charge is -2.24. The fourth-order valence-corrected chi connectivity index (χ4v) is 5.22. The molecule has 0 spiro atoms. The van der Waals surface area contributed by atoms with Crippen molar-refractivity contribution >= 4 is 21.8 Å². The van der Waals surface area contributed by atoms with Crippen molar-refractivity contribution in [3.05, 3.63) is 145 Å². The number of hydrazine groups is 1. The third-order valence-corrected chi connectivity index (χ3v) is 7.62. The summed E-state index contributed by atoms with van der Waals surface area (Å²) in [6.45, 7) is 0.401. The lowest BCUT2D eigenvalue weighted by atomic mass is 10.1. The molecule has 0 fully saturated rings. The molecule has 0 aliphatic rings. The zero-order chi connectivity index (χ0) is 27.8. The summed E-state index contributed by atoms with van der Waals surface area (Å²) in [4.78, 5) is 12.8. The molecule has 0 aliphatic heterocycles. The molecule has 5 aromatic carbocycles. The molecule has 0 aliphatic carbocycles. The lowest BCUT2D eigenvalue weighted by molar-refractivity contribution is 0.201. The highest BCUT2D eigenvalue weighted by Gasteiger charge is 2.27. The van der Waals surface area contributed by atoms with E-state index in [4.69, 9.17) is 9.47 Å². The molecule has 0 unspecified atom stereocenters. The molecular weight excluding hydrogens is 524 g/mol. The molecule has 1 N–H and O–H groups in total. The molecule has 200 valence electrons. The maximum atomic E-state index is 13.6. The topological polar surface area (TPSA) is 84.9 Å². The summed E-state index contributed by atoms with van der Waals surface area (Å²) >= 11 is 0. The highest BCUT2D eigenvalue weighted by Crippen LogP contribution is 2.26. The van der Waals surface area contributed by atoms with Gasteiger partial charge in [0.15, 0.2) is 0 Å². The molecule has 0 bridgehead atoms. The minimum Gasteiger partial charge on any atom is -0.489 e. The molecule has 1 amide bonds. The van der Waals surface area contributed by atoms with E-state index in [0.29, 0.717) is 12.4 Å². The number of hydrogen-bond donors (Lipinski definition) is 1. The fourth-order valence-electron chi connectivity index (χ4n) is 3.94. The molecule has 7 nitrogen and oxygen atoms in total. The normalized spacial score (nSPS) is 10.9. The summed E-state index contributed by atoms with van der Waals surface area (Å²) in [5.41, 5.74) is 5.49. The molecule has 0 atom stereocenters. The molecule has 5 rings (SSSR count). The minimum absolute atomic E-state index is 0.0104. The first kappa shape index (κ1) is 26.5. The van der Waals surface area contributed by atoms with Gasteiger partial charge in [-0.05, 0) is 65.2 Å². The number of carbonyl (C=O) groups is 1. The Bertz CT molecular complexity index is 1640. The van der Waals surface area contributed by atoms with Gasteiger partial charge in [-0.15, -0.1) is 0 Å². The van der Waals surface area contributed by atoms with Crippen LogP contribution in [0, 0.1) is 0 Å². The zero-order valence-electron chi connectivity index (χ0n) is 21.4. The van der Waals surface area contributed by atoms with Crippen molar-refractivity contribution in [2.24, 2.45) is 0 Å². The third kappa shape index (κ3) is 6.48. The van der Waals surface area contributed by atoms with Gasteiger partial charge in [0, 0.05) is 0 Å². The predicted octanol–water partition coefficient (Wildman–Crippen LogP) is 6.83. The maximum absolute atomic E-state index is 13.6. The minimum atomic E-state index is -4.18. The van der Waals surface area contributed by atoms with Gasteiger partial charge in [-0.3, -0.25) is 0 Å². The van der Waals surface area contributed by atoms with Crippen LogP contribution in [-0.4, -0.2) is 14.5 Å². The van der Waals surface area contributed by atoms with E-state index in [-0.39, 0.29) is 16.3 Å². The average Bonchev–Trinajstić information content (AvgIpc) is 3.01. The van der Waals surface area contributed by atoms with E-state index in [9.17, 15) is 13.2 Å². The molecule has 8 heteroatoms. The maximum Gasteiger partial charge on any atom is 0.432 e. The number of nitrogens with zero attached hydrogens (tertiary/aromatic N) is 1. The zero-order valence-corrected chi connectivity index (χ0v) is 22.2. The Labute approximate surface area is 233 Å². The van der Waals surface area contributed by atoms with Crippen molar-refractivity contribution in [2.75, 3.05) is 4.41 Å². The van der Waals surface area contributed by atoms with Gasteiger partial charge in [0.1, 0.15) is 18.1 Å². The number of hydrogen-bond acceptors (Lipinski definition) is 5. The largest absolute Gasteiger partial charge is 0.489 e. The van der Waals surface area contributed by atoms with E-state index in [2.05, 4.69) is 5.43 Å². The molecule has 0 radical (unpaired) electrons. The van der Waals surface area contributed by atoms with Crippen LogP contribution in [0.3, 0.4) is 0 Å². The van der Waals surface area contributed by atoms with Gasteiger partial charge in [-0.2, -0.15) is 12.8 Å². The highest BCUT2D eigenvalue weighted by molar-refractivity contribution is 7.92. The number of para-hydroxylation sites is 1. The summed E-state index contributed by atoms with van der Waals surface area (Å²) in [6, 6.07) is 40.6. The van der Waals surface area contributed by atoms with Crippen LogP contribution < -0.4 is 19.3 Å². The van der Waals surface area contributed by atoms with Crippen molar-refractivity contribution in [2.45, 2.75) is 11.5 Å². The van der Waals surface area contributed by atoms with Crippen molar-refractivity contribution in [1.29, 1.82) is 0 Å². The molecule has 0 heterocycles. The number of amides is 1. The number of nitrogens with one attached hydrogen (secondary N) is 1. The second kappa shape index (κ2) is 12.2. The Morgan fingerprint density at radius 2 is 1.15 bits per heavy atom. The van der Waals surface area contributed by atoms with Crippen molar-refractivity contribution in [1.82, 2.24) is 5.43 Å². The van der Waals surface area contributed by atoms with E-state index in [0.717, 1.165) is 21.1 Å². The summed E-state index contributed by atoms with van der Waals surface area (Å²) in [5.74, 6) is 0.825. The van der Waals surface area contributed by atoms with Crippen molar-refractivity contribution in [3.8, 4) is 22.6 Å². The van der Waals surface area contributed by atoms with E-state index in [1.54, 1.807) is 66.7 Å². The van der Waals surface area contributed by atoms with Crippen molar-refractivity contribution in [3.63, 3.8) is 0 Å². The predicted molar refractivity (Wildman–Crippen MR) is 154 cm³/mol. The summed E-state index contributed by atoms with van der Waals surface area (Å²) in [6.07, 6.45) is -0.966. The standard InChI is InChI=1S/C32H26N2O5S/c35-32(39-30-20-18-29(19-21-30)38-24-25-10-4-1-5-11-25)33-34(28-14-8-3-9-15-28)40(36,37)31-22-16-27(17-23-31)26-12-6-2-7-13-26/h1-23H,24H2,(H,33,35). The monoisotopic (exact) mass is 550 g/mol. The first-order chi connectivity index (χ1) is 19.5. The number of anilines is 1. The number of carbonyl (C=O) groups excluding carboxylic acids is 1. The first-order valence-corrected chi connectivity index (χ1v) is 13.9. The van der Waals surface area contributed by atoms with Gasteiger partial charge < -0.3 is 9.47 Å². The van der Waals surface area contributed by atoms with Crippen LogP contribution in [0.5, 0.6) is 11.5 Å². The SMILES string of the molecule is O=C(NN(c1ccccc1)S(=O)(=O)c1ccc(-c2ccccc2)cc1)Oc1ccc(OCc2ccccc2)cc1. The summed E-state index contributed by atoms with van der Waals surface area (Å²) in [5, 5.41) is 0. The first-order valence-electron chi connectivity index (χ1n) is 12.5. The van der Waals surface area contributed by atoms with Gasteiger partial charge in [-0.1, -0.05) is 91.0 Å². The summed E-state index contributed by atoms with van der Waals surface area (Å²) in [7, 11) is -4.18. The molecule has 40 heavy (non-hydrogen) atoms. The van der Waals surface area contributed by atoms with Gasteiger partial charge in [0.2, 0.25) is 0 Å². The van der Waals surface area contributed by atoms with Crippen LogP contribution >= 0.6 is 0 Å². The quantitative estimate of drug-likeness (QED) is 0.203. The Morgan fingerprint density at radius 1 is 0.625 bits per heavy atom. The van der Waals surface area contributed by atoms with Crippen LogP contribution in [-0.2, 0) is 16.6 Å². The number of sulfonamides is 1. The van der Waals surface area contributed by atoms with Crippen LogP contribution in [0.25, 0.3) is 11.1 Å². The number of rotatable bonds is 9.